The van der Waals surface area contributed by atoms with Crippen LogP contribution in [0.25, 0.3) is 6.08 Å². The first-order valence-corrected chi connectivity index (χ1v) is 11.4. The highest BCUT2D eigenvalue weighted by atomic mass is 16.3. The van der Waals surface area contributed by atoms with Crippen LogP contribution in [0.15, 0.2) is 23.0 Å². The lowest BCUT2D eigenvalue weighted by Crippen LogP contribution is -2.48. The van der Waals surface area contributed by atoms with Gasteiger partial charge in [-0.25, -0.2) is 0 Å². The minimum atomic E-state index is -0.320. The molecule has 0 unspecified atom stereocenters. The van der Waals surface area contributed by atoms with Crippen molar-refractivity contribution >= 4 is 12.0 Å². The number of aromatic nitrogens is 1. The third kappa shape index (κ3) is 3.54. The molecule has 2 aliphatic heterocycles. The Labute approximate surface area is 179 Å². The average molecular weight is 414 g/mol. The molecular formula is C24H35N3O3. The van der Waals surface area contributed by atoms with Gasteiger partial charge >= 0.3 is 0 Å². The van der Waals surface area contributed by atoms with Crippen LogP contribution in [-0.4, -0.2) is 58.7 Å². The van der Waals surface area contributed by atoms with E-state index >= 15 is 0 Å². The van der Waals surface area contributed by atoms with Crippen molar-refractivity contribution in [1.29, 1.82) is 0 Å². The molecule has 2 fully saturated rings. The number of aliphatic hydroxyl groups is 1. The SMILES string of the molecule is C/C=C/c1ccc2n(c1=O)C[C@H]1[C@H](CO)[C@@H](C(=O)N(C)C)[C@@H]2N1CC1CCCCC1. The summed E-state index contributed by atoms with van der Waals surface area (Å²) in [7, 11) is 3.57. The number of hydrogen-bond donors (Lipinski definition) is 1. The van der Waals surface area contributed by atoms with Gasteiger partial charge in [-0.1, -0.05) is 31.4 Å². The van der Waals surface area contributed by atoms with E-state index in [4.69, 9.17) is 0 Å². The lowest BCUT2D eigenvalue weighted by Gasteiger charge is -2.40. The normalized spacial score (nSPS) is 29.3. The number of fused-ring (bicyclic) bond motifs is 4. The monoisotopic (exact) mass is 413 g/mol. The van der Waals surface area contributed by atoms with Gasteiger partial charge in [-0.05, 0) is 37.8 Å². The minimum Gasteiger partial charge on any atom is -0.396 e. The third-order valence-electron chi connectivity index (χ3n) is 7.47. The first kappa shape index (κ1) is 21.3. The molecule has 1 saturated heterocycles. The minimum absolute atomic E-state index is 0.00700. The smallest absolute Gasteiger partial charge is 0.258 e. The number of amides is 1. The fourth-order valence-electron chi connectivity index (χ4n) is 6.04. The summed E-state index contributed by atoms with van der Waals surface area (Å²) in [5, 5.41) is 10.3. The second kappa shape index (κ2) is 8.67. The molecule has 0 radical (unpaired) electrons. The summed E-state index contributed by atoms with van der Waals surface area (Å²) in [4.78, 5) is 30.5. The topological polar surface area (TPSA) is 65.8 Å². The van der Waals surface area contributed by atoms with E-state index in [9.17, 15) is 14.7 Å². The summed E-state index contributed by atoms with van der Waals surface area (Å²) in [6.07, 6.45) is 10.1. The van der Waals surface area contributed by atoms with Crippen LogP contribution in [0.3, 0.4) is 0 Å². The van der Waals surface area contributed by atoms with Crippen LogP contribution >= 0.6 is 0 Å². The van der Waals surface area contributed by atoms with E-state index in [1.165, 1.54) is 32.1 Å². The van der Waals surface area contributed by atoms with Gasteiger partial charge in [-0.15, -0.1) is 0 Å². The molecule has 6 nitrogen and oxygen atoms in total. The number of hydrogen-bond acceptors (Lipinski definition) is 4. The molecule has 0 aromatic carbocycles. The maximum absolute atomic E-state index is 13.2. The van der Waals surface area contributed by atoms with Crippen molar-refractivity contribution in [3.8, 4) is 0 Å². The van der Waals surface area contributed by atoms with E-state index in [0.717, 1.165) is 12.2 Å². The van der Waals surface area contributed by atoms with E-state index < -0.39 is 0 Å². The summed E-state index contributed by atoms with van der Waals surface area (Å²) in [5.41, 5.74) is 1.61. The molecule has 1 aromatic rings. The summed E-state index contributed by atoms with van der Waals surface area (Å²) >= 11 is 0. The van der Waals surface area contributed by atoms with E-state index in [2.05, 4.69) is 4.90 Å². The molecule has 1 saturated carbocycles. The molecule has 30 heavy (non-hydrogen) atoms. The van der Waals surface area contributed by atoms with Crippen molar-refractivity contribution < 1.29 is 9.90 Å². The lowest BCUT2D eigenvalue weighted by molar-refractivity contribution is -0.135. The molecule has 4 atom stereocenters. The molecular weight excluding hydrogens is 378 g/mol. The Hall–Kier alpha value is -1.92. The maximum atomic E-state index is 13.2. The lowest BCUT2D eigenvalue weighted by atomic mass is 9.86. The Kier molecular flexibility index (Phi) is 6.16. The van der Waals surface area contributed by atoms with E-state index in [-0.39, 0.29) is 42.0 Å². The summed E-state index contributed by atoms with van der Waals surface area (Å²) < 4.78 is 1.87. The van der Waals surface area contributed by atoms with Gasteiger partial charge < -0.3 is 14.6 Å². The molecule has 0 spiro atoms. The standard InChI is InChI=1S/C24H35N3O3/c1-4-8-17-11-12-19-22-21(24(30)25(2)3)18(15-28)20(14-27(19)23(17)29)26(22)13-16-9-6-5-7-10-16/h4,8,11-12,16,18,20-22,28H,5-7,9-10,13-15H2,1-3H3/b8-4+/t18-,20-,21+,22+/m0/s1. The number of carbonyl (C=O) groups excluding carboxylic acids is 1. The van der Waals surface area contributed by atoms with Gasteiger partial charge in [0.2, 0.25) is 5.91 Å². The van der Waals surface area contributed by atoms with Crippen molar-refractivity contribution in [1.82, 2.24) is 14.4 Å². The van der Waals surface area contributed by atoms with Crippen LogP contribution < -0.4 is 5.56 Å². The van der Waals surface area contributed by atoms with Gasteiger partial charge in [0.25, 0.3) is 5.56 Å². The Balaban J connectivity index is 1.79. The average Bonchev–Trinajstić information content (AvgIpc) is 2.94. The van der Waals surface area contributed by atoms with Crippen LogP contribution in [0.1, 0.15) is 56.3 Å². The molecule has 1 aliphatic carbocycles. The van der Waals surface area contributed by atoms with Crippen molar-refractivity contribution in [2.75, 3.05) is 27.2 Å². The quantitative estimate of drug-likeness (QED) is 0.806. The van der Waals surface area contributed by atoms with Crippen LogP contribution in [0.5, 0.6) is 0 Å². The molecule has 1 N–H and O–H groups in total. The van der Waals surface area contributed by atoms with Gasteiger partial charge in [-0.3, -0.25) is 14.5 Å². The van der Waals surface area contributed by atoms with Crippen LogP contribution in [0.2, 0.25) is 0 Å². The highest BCUT2D eigenvalue weighted by Gasteiger charge is 2.56. The molecule has 1 aromatic heterocycles. The fraction of sp³-hybridized carbons (Fsp3) is 0.667. The fourth-order valence-corrected chi connectivity index (χ4v) is 6.04. The molecule has 3 aliphatic rings. The maximum Gasteiger partial charge on any atom is 0.258 e. The van der Waals surface area contributed by atoms with E-state index in [1.807, 2.05) is 35.8 Å². The van der Waals surface area contributed by atoms with Crippen molar-refractivity contribution in [3.05, 3.63) is 39.8 Å². The first-order chi connectivity index (χ1) is 14.5. The largest absolute Gasteiger partial charge is 0.396 e. The highest BCUT2D eigenvalue weighted by molar-refractivity contribution is 5.80. The number of carbonyl (C=O) groups is 1. The summed E-state index contributed by atoms with van der Waals surface area (Å²) in [5.74, 6) is 0.211. The zero-order valence-electron chi connectivity index (χ0n) is 18.5. The van der Waals surface area contributed by atoms with Gasteiger partial charge in [0, 0.05) is 57.0 Å². The zero-order valence-corrected chi connectivity index (χ0v) is 18.5. The Morgan fingerprint density at radius 3 is 2.60 bits per heavy atom. The van der Waals surface area contributed by atoms with Crippen LogP contribution in [0.4, 0.5) is 0 Å². The van der Waals surface area contributed by atoms with Crippen molar-refractivity contribution in [2.45, 2.75) is 57.7 Å². The summed E-state index contributed by atoms with van der Waals surface area (Å²) in [6.45, 7) is 3.38. The Morgan fingerprint density at radius 2 is 1.97 bits per heavy atom. The van der Waals surface area contributed by atoms with Gasteiger partial charge in [0.1, 0.15) is 0 Å². The van der Waals surface area contributed by atoms with E-state index in [0.29, 0.717) is 18.0 Å². The van der Waals surface area contributed by atoms with Gasteiger partial charge in [0.05, 0.1) is 12.0 Å². The first-order valence-electron chi connectivity index (χ1n) is 11.4. The van der Waals surface area contributed by atoms with Gasteiger partial charge in [-0.2, -0.15) is 0 Å². The molecule has 6 heteroatoms. The number of rotatable bonds is 5. The molecule has 2 bridgehead atoms. The van der Waals surface area contributed by atoms with E-state index in [1.54, 1.807) is 19.0 Å². The van der Waals surface area contributed by atoms with Crippen molar-refractivity contribution in [2.24, 2.45) is 17.8 Å². The third-order valence-corrected chi connectivity index (χ3v) is 7.47. The summed E-state index contributed by atoms with van der Waals surface area (Å²) in [6, 6.07) is 3.78. The molecule has 164 valence electrons. The van der Waals surface area contributed by atoms with Crippen LogP contribution in [0, 0.1) is 17.8 Å². The predicted molar refractivity (Wildman–Crippen MR) is 118 cm³/mol. The Morgan fingerprint density at radius 1 is 1.23 bits per heavy atom. The molecule has 1 amide bonds. The highest BCUT2D eigenvalue weighted by Crippen LogP contribution is 2.49. The zero-order chi connectivity index (χ0) is 21.4. The van der Waals surface area contributed by atoms with Crippen molar-refractivity contribution in [3.63, 3.8) is 0 Å². The number of nitrogens with zero attached hydrogens (tertiary/aromatic N) is 3. The molecule has 4 rings (SSSR count). The number of allylic oxidation sites excluding steroid dienone is 1. The number of aliphatic hydroxyl groups excluding tert-OH is 1. The second-order valence-electron chi connectivity index (χ2n) is 9.45. The number of pyridine rings is 1. The Bertz CT molecular complexity index is 869. The van der Waals surface area contributed by atoms with Gasteiger partial charge in [0.15, 0.2) is 0 Å². The second-order valence-corrected chi connectivity index (χ2v) is 9.45. The van der Waals surface area contributed by atoms with Crippen LogP contribution in [-0.2, 0) is 11.3 Å². The molecule has 3 heterocycles. The predicted octanol–water partition coefficient (Wildman–Crippen LogP) is 2.51.